The van der Waals surface area contributed by atoms with Gasteiger partial charge in [-0.05, 0) is 43.7 Å². The van der Waals surface area contributed by atoms with Crippen LogP contribution in [0.4, 0.5) is 5.95 Å². The summed E-state index contributed by atoms with van der Waals surface area (Å²) in [6.07, 6.45) is 2.30. The molecule has 0 bridgehead atoms. The van der Waals surface area contributed by atoms with Gasteiger partial charge in [0.15, 0.2) is 0 Å². The molecule has 0 aliphatic carbocycles. The van der Waals surface area contributed by atoms with E-state index in [4.69, 9.17) is 10.8 Å². The van der Waals surface area contributed by atoms with E-state index in [9.17, 15) is 4.79 Å². The molecule has 6 nitrogen and oxygen atoms in total. The maximum absolute atomic E-state index is 12.7. The smallest absolute Gasteiger partial charge is 0.227 e. The van der Waals surface area contributed by atoms with Gasteiger partial charge in [0.1, 0.15) is 0 Å². The molecule has 0 unspecified atom stereocenters. The zero-order valence-electron chi connectivity index (χ0n) is 15.4. The van der Waals surface area contributed by atoms with Crippen LogP contribution < -0.4 is 5.73 Å². The van der Waals surface area contributed by atoms with E-state index in [1.165, 1.54) is 5.56 Å². The summed E-state index contributed by atoms with van der Waals surface area (Å²) in [5.74, 6) is 0.858. The van der Waals surface area contributed by atoms with Crippen LogP contribution in [0.2, 0.25) is 0 Å². The molecule has 0 saturated carbocycles. The predicted molar refractivity (Wildman–Crippen MR) is 100 cm³/mol. The Morgan fingerprint density at radius 3 is 2.42 bits per heavy atom. The lowest BCUT2D eigenvalue weighted by molar-refractivity contribution is -0.129. The van der Waals surface area contributed by atoms with Crippen molar-refractivity contribution in [3.8, 4) is 0 Å². The molecular formula is C20H26N4O2. The minimum absolute atomic E-state index is 0.0691. The van der Waals surface area contributed by atoms with Gasteiger partial charge in [-0.15, -0.1) is 0 Å². The van der Waals surface area contributed by atoms with Crippen LogP contribution >= 0.6 is 0 Å². The Hall–Kier alpha value is -2.47. The number of carbonyl (C=O) groups excluding carboxylic acids is 1. The number of aliphatic hydroxyl groups is 1. The second kappa shape index (κ2) is 7.83. The number of anilines is 1. The average Bonchev–Trinajstić information content (AvgIpc) is 3.07. The van der Waals surface area contributed by atoms with Gasteiger partial charge in [0.05, 0.1) is 13.0 Å². The minimum atomic E-state index is 0.0691. The first-order valence-corrected chi connectivity index (χ1v) is 9.02. The average molecular weight is 354 g/mol. The summed E-state index contributed by atoms with van der Waals surface area (Å²) in [5.41, 5.74) is 10.3. The summed E-state index contributed by atoms with van der Waals surface area (Å²) in [5, 5.41) is 9.12. The third kappa shape index (κ3) is 4.19. The first-order valence-electron chi connectivity index (χ1n) is 9.02. The van der Waals surface area contributed by atoms with E-state index in [0.29, 0.717) is 12.3 Å². The number of nitrogens with zero attached hydrogens (tertiary/aromatic N) is 3. The highest BCUT2D eigenvalue weighted by atomic mass is 16.3. The summed E-state index contributed by atoms with van der Waals surface area (Å²) in [6, 6.07) is 8.04. The fourth-order valence-corrected chi connectivity index (χ4v) is 3.62. The van der Waals surface area contributed by atoms with E-state index >= 15 is 0 Å². The highest BCUT2D eigenvalue weighted by Gasteiger charge is 2.27. The molecule has 1 aromatic carbocycles. The molecule has 1 aromatic heterocycles. The lowest BCUT2D eigenvalue weighted by Gasteiger charge is -2.18. The van der Waals surface area contributed by atoms with Crippen LogP contribution in [0.5, 0.6) is 0 Å². The number of hydrogen-bond acceptors (Lipinski definition) is 5. The number of aliphatic hydroxyl groups excluding tert-OH is 1. The summed E-state index contributed by atoms with van der Waals surface area (Å²) < 4.78 is 0. The monoisotopic (exact) mass is 354 g/mol. The minimum Gasteiger partial charge on any atom is -0.392 e. The van der Waals surface area contributed by atoms with Gasteiger partial charge in [-0.3, -0.25) is 4.79 Å². The molecule has 3 rings (SSSR count). The van der Waals surface area contributed by atoms with Crippen molar-refractivity contribution in [1.82, 2.24) is 14.9 Å². The van der Waals surface area contributed by atoms with Gasteiger partial charge in [-0.25, -0.2) is 9.97 Å². The van der Waals surface area contributed by atoms with Crippen LogP contribution in [0.15, 0.2) is 24.3 Å². The molecule has 1 aliphatic heterocycles. The number of carbonyl (C=O) groups is 1. The number of aromatic nitrogens is 2. The molecule has 1 amide bonds. The summed E-state index contributed by atoms with van der Waals surface area (Å²) in [6.45, 7) is 5.40. The lowest BCUT2D eigenvalue weighted by Crippen LogP contribution is -2.31. The van der Waals surface area contributed by atoms with Crippen LogP contribution in [-0.2, 0) is 24.2 Å². The second-order valence-corrected chi connectivity index (χ2v) is 7.08. The van der Waals surface area contributed by atoms with E-state index in [1.54, 1.807) is 0 Å². The van der Waals surface area contributed by atoms with Gasteiger partial charge in [0.2, 0.25) is 11.9 Å². The molecule has 1 aliphatic rings. The van der Waals surface area contributed by atoms with Crippen molar-refractivity contribution in [1.29, 1.82) is 0 Å². The Labute approximate surface area is 154 Å². The third-order valence-corrected chi connectivity index (χ3v) is 5.13. The van der Waals surface area contributed by atoms with Crippen molar-refractivity contribution < 1.29 is 9.90 Å². The third-order valence-electron chi connectivity index (χ3n) is 5.13. The highest BCUT2D eigenvalue weighted by Crippen LogP contribution is 2.23. The number of benzene rings is 1. The molecule has 2 heterocycles. The molecule has 2 aromatic rings. The number of nitrogens with two attached hydrogens (primary N) is 1. The van der Waals surface area contributed by atoms with Crippen LogP contribution in [0, 0.1) is 19.8 Å². The first kappa shape index (κ1) is 18.3. The van der Waals surface area contributed by atoms with Gasteiger partial charge < -0.3 is 15.7 Å². The molecule has 0 radical (unpaired) electrons. The SMILES string of the molecule is Cc1nc(N)nc(C)c1CC(=O)N1CC[C@@H](Cc2ccc(CO)cc2)C1. The molecule has 1 saturated heterocycles. The zero-order valence-corrected chi connectivity index (χ0v) is 15.4. The summed E-state index contributed by atoms with van der Waals surface area (Å²) in [4.78, 5) is 23.0. The molecule has 6 heteroatoms. The number of likely N-dealkylation sites (tertiary alicyclic amines) is 1. The molecule has 3 N–H and O–H groups in total. The Morgan fingerprint density at radius 2 is 1.81 bits per heavy atom. The van der Waals surface area contributed by atoms with Gasteiger partial charge >= 0.3 is 0 Å². The Balaban J connectivity index is 1.58. The van der Waals surface area contributed by atoms with Crippen LogP contribution in [0.25, 0.3) is 0 Å². The van der Waals surface area contributed by atoms with E-state index in [-0.39, 0.29) is 18.5 Å². The maximum atomic E-state index is 12.7. The molecule has 26 heavy (non-hydrogen) atoms. The van der Waals surface area contributed by atoms with Crippen LogP contribution in [-0.4, -0.2) is 39.0 Å². The van der Waals surface area contributed by atoms with Crippen molar-refractivity contribution in [2.45, 2.75) is 39.7 Å². The number of rotatable bonds is 5. The van der Waals surface area contributed by atoms with Gasteiger partial charge in [0, 0.05) is 30.0 Å². The standard InChI is InChI=1S/C20H26N4O2/c1-13-18(14(2)23-20(21)22-13)10-19(26)24-8-7-17(11-24)9-15-3-5-16(12-25)6-4-15/h3-6,17,25H,7-12H2,1-2H3,(H2,21,22,23)/t17-/m0/s1. The zero-order chi connectivity index (χ0) is 18.7. The van der Waals surface area contributed by atoms with E-state index in [0.717, 1.165) is 48.4 Å². The summed E-state index contributed by atoms with van der Waals surface area (Å²) >= 11 is 0. The van der Waals surface area contributed by atoms with Crippen LogP contribution in [0.3, 0.4) is 0 Å². The van der Waals surface area contributed by atoms with Crippen molar-refractivity contribution >= 4 is 11.9 Å². The predicted octanol–water partition coefficient (Wildman–Crippen LogP) is 1.80. The van der Waals surface area contributed by atoms with Gasteiger partial charge in [-0.1, -0.05) is 24.3 Å². The Kier molecular flexibility index (Phi) is 5.52. The normalized spacial score (nSPS) is 16.9. The number of aryl methyl sites for hydroxylation is 2. The van der Waals surface area contributed by atoms with Crippen LogP contribution in [0.1, 0.15) is 34.5 Å². The largest absolute Gasteiger partial charge is 0.392 e. The highest BCUT2D eigenvalue weighted by molar-refractivity contribution is 5.79. The van der Waals surface area contributed by atoms with Gasteiger partial charge in [-0.2, -0.15) is 0 Å². The lowest BCUT2D eigenvalue weighted by atomic mass is 9.98. The topological polar surface area (TPSA) is 92.3 Å². The summed E-state index contributed by atoms with van der Waals surface area (Å²) in [7, 11) is 0. The molecule has 138 valence electrons. The van der Waals surface area contributed by atoms with E-state index < -0.39 is 0 Å². The van der Waals surface area contributed by atoms with Crippen molar-refractivity contribution in [2.75, 3.05) is 18.8 Å². The molecule has 1 fully saturated rings. The number of hydrogen-bond donors (Lipinski definition) is 2. The number of nitrogen functional groups attached to an aromatic ring is 1. The molecule has 0 spiro atoms. The van der Waals surface area contributed by atoms with Crippen molar-refractivity contribution in [3.63, 3.8) is 0 Å². The second-order valence-electron chi connectivity index (χ2n) is 7.08. The quantitative estimate of drug-likeness (QED) is 0.854. The molecule has 1 atom stereocenters. The fourth-order valence-electron chi connectivity index (χ4n) is 3.62. The van der Waals surface area contributed by atoms with Crippen molar-refractivity contribution in [2.24, 2.45) is 5.92 Å². The fraction of sp³-hybridized carbons (Fsp3) is 0.450. The van der Waals surface area contributed by atoms with E-state index in [1.807, 2.05) is 30.9 Å². The molecular weight excluding hydrogens is 328 g/mol. The van der Waals surface area contributed by atoms with Gasteiger partial charge in [0.25, 0.3) is 0 Å². The number of amides is 1. The Bertz CT molecular complexity index is 766. The van der Waals surface area contributed by atoms with Crippen molar-refractivity contribution in [3.05, 3.63) is 52.3 Å². The first-order chi connectivity index (χ1) is 12.5. The maximum Gasteiger partial charge on any atom is 0.227 e. The Morgan fingerprint density at radius 1 is 1.19 bits per heavy atom. The van der Waals surface area contributed by atoms with E-state index in [2.05, 4.69) is 22.1 Å².